The summed E-state index contributed by atoms with van der Waals surface area (Å²) in [6.07, 6.45) is 11.4. The molecule has 0 aromatic carbocycles. The molecule has 4 fully saturated rings. The average Bonchev–Trinajstić information content (AvgIpc) is 2.73. The van der Waals surface area contributed by atoms with Gasteiger partial charge in [-0.15, -0.1) is 0 Å². The molecule has 0 bridgehead atoms. The molecule has 0 radical (unpaired) electrons. The molecule has 2 unspecified atom stereocenters. The Morgan fingerprint density at radius 2 is 1.64 bits per heavy atom. The maximum Gasteiger partial charge on any atom is 0.139 e. The second-order valence-corrected chi connectivity index (χ2v) is 15.0. The molecule has 33 heavy (non-hydrogen) atoms. The van der Waals surface area contributed by atoms with Crippen molar-refractivity contribution in [2.75, 3.05) is 6.61 Å². The number of aliphatic hydroxyl groups excluding tert-OH is 2. The topological polar surface area (TPSA) is 57.5 Å². The van der Waals surface area contributed by atoms with E-state index in [9.17, 15) is 15.0 Å². The Kier molecular flexibility index (Phi) is 5.07. The van der Waals surface area contributed by atoms with E-state index in [1.54, 1.807) is 5.57 Å². The number of fused-ring (bicyclic) bond motifs is 7. The van der Waals surface area contributed by atoms with Crippen molar-refractivity contribution in [3.63, 3.8) is 0 Å². The van der Waals surface area contributed by atoms with Gasteiger partial charge in [0.1, 0.15) is 5.78 Å². The van der Waals surface area contributed by atoms with Gasteiger partial charge in [0.25, 0.3) is 0 Å². The van der Waals surface area contributed by atoms with Gasteiger partial charge in [-0.25, -0.2) is 0 Å². The van der Waals surface area contributed by atoms with E-state index in [1.165, 1.54) is 0 Å². The average molecular weight is 457 g/mol. The smallest absolute Gasteiger partial charge is 0.139 e. The zero-order valence-corrected chi connectivity index (χ0v) is 22.3. The van der Waals surface area contributed by atoms with Crippen molar-refractivity contribution < 1.29 is 15.0 Å². The number of allylic oxidation sites excluding steroid dienone is 2. The molecule has 3 heteroatoms. The van der Waals surface area contributed by atoms with Gasteiger partial charge >= 0.3 is 0 Å². The van der Waals surface area contributed by atoms with Gasteiger partial charge < -0.3 is 10.2 Å². The van der Waals surface area contributed by atoms with Crippen LogP contribution in [0.15, 0.2) is 11.6 Å². The van der Waals surface area contributed by atoms with Crippen molar-refractivity contribution in [2.24, 2.45) is 50.2 Å². The van der Waals surface area contributed by atoms with Gasteiger partial charge in [-0.2, -0.15) is 0 Å². The highest BCUT2D eigenvalue weighted by atomic mass is 16.3. The monoisotopic (exact) mass is 456 g/mol. The second-order valence-electron chi connectivity index (χ2n) is 15.0. The Hall–Kier alpha value is -0.670. The fourth-order valence-corrected chi connectivity index (χ4v) is 10.5. The third-order valence-electron chi connectivity index (χ3n) is 13.0. The molecule has 0 saturated heterocycles. The summed E-state index contributed by atoms with van der Waals surface area (Å²) in [7, 11) is 0. The first-order valence-corrected chi connectivity index (χ1v) is 13.7. The van der Waals surface area contributed by atoms with E-state index in [1.807, 2.05) is 0 Å². The van der Waals surface area contributed by atoms with Gasteiger partial charge in [0.15, 0.2) is 0 Å². The van der Waals surface area contributed by atoms with Crippen LogP contribution in [0.25, 0.3) is 0 Å². The molecule has 9 atom stereocenters. The van der Waals surface area contributed by atoms with Gasteiger partial charge in [-0.05, 0) is 90.8 Å². The van der Waals surface area contributed by atoms with E-state index >= 15 is 0 Å². The van der Waals surface area contributed by atoms with Crippen LogP contribution >= 0.6 is 0 Å². The molecule has 4 saturated carbocycles. The second kappa shape index (κ2) is 6.96. The van der Waals surface area contributed by atoms with Crippen LogP contribution in [-0.4, -0.2) is 28.7 Å². The lowest BCUT2D eigenvalue weighted by Crippen LogP contribution is -2.65. The van der Waals surface area contributed by atoms with Crippen molar-refractivity contribution in [3.05, 3.63) is 11.6 Å². The first kappa shape index (κ1) is 24.0. The van der Waals surface area contributed by atoms with Crippen LogP contribution < -0.4 is 0 Å². The van der Waals surface area contributed by atoms with E-state index in [2.05, 4.69) is 54.5 Å². The van der Waals surface area contributed by atoms with Crippen LogP contribution in [0.4, 0.5) is 0 Å². The largest absolute Gasteiger partial charge is 0.396 e. The van der Waals surface area contributed by atoms with Crippen molar-refractivity contribution in [2.45, 2.75) is 112 Å². The van der Waals surface area contributed by atoms with Crippen molar-refractivity contribution in [1.29, 1.82) is 0 Å². The van der Waals surface area contributed by atoms with Gasteiger partial charge in [0.05, 0.1) is 12.7 Å². The fourth-order valence-electron chi connectivity index (χ4n) is 10.5. The van der Waals surface area contributed by atoms with Gasteiger partial charge in [0.2, 0.25) is 0 Å². The number of rotatable bonds is 1. The van der Waals surface area contributed by atoms with E-state index < -0.39 is 11.5 Å². The van der Waals surface area contributed by atoms with Gasteiger partial charge in [0, 0.05) is 17.3 Å². The Morgan fingerprint density at radius 3 is 2.30 bits per heavy atom. The minimum Gasteiger partial charge on any atom is -0.396 e. The minimum atomic E-state index is -0.402. The van der Waals surface area contributed by atoms with Crippen LogP contribution in [0.2, 0.25) is 0 Å². The van der Waals surface area contributed by atoms with Crippen molar-refractivity contribution >= 4 is 5.78 Å². The van der Waals surface area contributed by atoms with Crippen LogP contribution in [-0.2, 0) is 4.79 Å². The number of ketones is 1. The Bertz CT molecular complexity index is 889. The molecule has 5 aliphatic carbocycles. The maximum atomic E-state index is 13.4. The lowest BCUT2D eigenvalue weighted by Gasteiger charge is -2.71. The first-order chi connectivity index (χ1) is 15.2. The molecule has 2 N–H and O–H groups in total. The zero-order chi connectivity index (χ0) is 24.2. The van der Waals surface area contributed by atoms with Gasteiger partial charge in [-0.3, -0.25) is 4.79 Å². The number of aliphatic hydroxyl groups is 2. The molecule has 0 aromatic heterocycles. The number of hydrogen-bond donors (Lipinski definition) is 2. The van der Waals surface area contributed by atoms with E-state index in [-0.39, 0.29) is 33.7 Å². The van der Waals surface area contributed by atoms with Crippen molar-refractivity contribution in [1.82, 2.24) is 0 Å². The molecule has 0 aliphatic heterocycles. The van der Waals surface area contributed by atoms with Crippen LogP contribution in [0.5, 0.6) is 0 Å². The molecule has 3 nitrogen and oxygen atoms in total. The molecular weight excluding hydrogens is 408 g/mol. The molecule has 5 aliphatic rings. The van der Waals surface area contributed by atoms with Crippen LogP contribution in [0, 0.1) is 50.2 Å². The zero-order valence-electron chi connectivity index (χ0n) is 22.3. The third kappa shape index (κ3) is 2.85. The predicted octanol–water partition coefficient (Wildman–Crippen LogP) is 6.32. The third-order valence-corrected chi connectivity index (χ3v) is 13.0. The predicted molar refractivity (Wildman–Crippen MR) is 133 cm³/mol. The van der Waals surface area contributed by atoms with E-state index in [4.69, 9.17) is 0 Å². The molecule has 5 rings (SSSR count). The molecule has 0 amide bonds. The SMILES string of the molecule is CC1(C)CC(=O)[C@]2(C)CC[C@]3(C)C(=CCC4[C@@]5(C)CC[C@H](O)[C@](C)(CO)[C@@H]5CC[C@]43C)C2C1. The minimum absolute atomic E-state index is 0.0772. The summed E-state index contributed by atoms with van der Waals surface area (Å²) < 4.78 is 0. The summed E-state index contributed by atoms with van der Waals surface area (Å²) in [5, 5.41) is 21.3. The molecule has 0 aromatic rings. The van der Waals surface area contributed by atoms with Crippen molar-refractivity contribution in [3.8, 4) is 0 Å². The summed E-state index contributed by atoms with van der Waals surface area (Å²) in [6.45, 7) is 16.7. The molecule has 0 spiro atoms. The molecular formula is C30H48O3. The van der Waals surface area contributed by atoms with E-state index in [0.29, 0.717) is 23.5 Å². The summed E-state index contributed by atoms with van der Waals surface area (Å²) in [6, 6.07) is 0. The number of carbonyl (C=O) groups excluding carboxylic acids is 1. The number of Topliss-reactive ketones (excluding diaryl/α,β-unsaturated/α-hetero) is 1. The first-order valence-electron chi connectivity index (χ1n) is 13.7. The standard InChI is InChI=1S/C30H48O3/c1-25(2)16-20-19-8-9-22-27(4)12-11-23(32)28(5,18-31)21(27)10-13-30(22,7)29(19,6)15-14-26(20,3)24(33)17-25/h8,20-23,31-32H,9-18H2,1-7H3/t20?,21-,22?,23+,26-,27+,28-,29-,30-/m1/s1. The van der Waals surface area contributed by atoms with Crippen LogP contribution in [0.1, 0.15) is 106 Å². The Morgan fingerprint density at radius 1 is 0.939 bits per heavy atom. The summed E-state index contributed by atoms with van der Waals surface area (Å²) in [5.41, 5.74) is 1.58. The lowest BCUT2D eigenvalue weighted by molar-refractivity contribution is -0.214. The van der Waals surface area contributed by atoms with Gasteiger partial charge in [-0.1, -0.05) is 60.1 Å². The number of hydrogen-bond acceptors (Lipinski definition) is 3. The fraction of sp³-hybridized carbons (Fsp3) is 0.900. The molecule has 186 valence electrons. The summed E-state index contributed by atoms with van der Waals surface area (Å²) >= 11 is 0. The van der Waals surface area contributed by atoms with Crippen LogP contribution in [0.3, 0.4) is 0 Å². The maximum absolute atomic E-state index is 13.4. The Labute approximate surface area is 201 Å². The lowest BCUT2D eigenvalue weighted by atomic mass is 9.33. The quantitative estimate of drug-likeness (QED) is 0.454. The normalized spacial score (nSPS) is 55.5. The highest BCUT2D eigenvalue weighted by Crippen LogP contribution is 2.75. The molecule has 0 heterocycles. The van der Waals surface area contributed by atoms with E-state index in [0.717, 1.165) is 57.8 Å². The Balaban J connectivity index is 1.59. The number of carbonyl (C=O) groups is 1. The summed E-state index contributed by atoms with van der Waals surface area (Å²) in [4.78, 5) is 13.4. The summed E-state index contributed by atoms with van der Waals surface area (Å²) in [5.74, 6) is 1.80. The highest BCUT2D eigenvalue weighted by Gasteiger charge is 2.69. The highest BCUT2D eigenvalue weighted by molar-refractivity contribution is 5.87.